The normalized spacial score (nSPS) is 30.6. The number of nitrogens with one attached hydrogen (secondary N) is 1. The largest absolute Gasteiger partial charge is 0.481 e. The van der Waals surface area contributed by atoms with Gasteiger partial charge in [0.15, 0.2) is 0 Å². The molecule has 3 rings (SSSR count). The molecule has 1 heterocycles. The van der Waals surface area contributed by atoms with E-state index in [2.05, 4.69) is 5.32 Å². The first-order valence-corrected chi connectivity index (χ1v) is 7.79. The number of rotatable bonds is 3. The van der Waals surface area contributed by atoms with Gasteiger partial charge < -0.3 is 15.2 Å². The van der Waals surface area contributed by atoms with Crippen LogP contribution in [-0.2, 0) is 9.53 Å². The molecule has 1 aromatic rings. The molecular formula is C16H18ClNO4. The molecule has 1 aromatic carbocycles. The lowest BCUT2D eigenvalue weighted by atomic mass is 9.66. The SMILES string of the molecule is O=C(NC1CCOC2(C1)CC(C(=O)O)C2)c1ccccc1Cl. The first-order chi connectivity index (χ1) is 10.5. The topological polar surface area (TPSA) is 75.6 Å². The van der Waals surface area contributed by atoms with Gasteiger partial charge in [-0.1, -0.05) is 23.7 Å². The van der Waals surface area contributed by atoms with Crippen molar-refractivity contribution in [2.45, 2.75) is 37.3 Å². The van der Waals surface area contributed by atoms with Gasteiger partial charge in [-0.05, 0) is 37.8 Å². The van der Waals surface area contributed by atoms with E-state index < -0.39 is 5.97 Å². The molecule has 6 heteroatoms. The number of carboxylic acid groups (broad SMARTS) is 1. The molecule has 2 fully saturated rings. The molecule has 1 aliphatic heterocycles. The highest BCUT2D eigenvalue weighted by Crippen LogP contribution is 2.46. The van der Waals surface area contributed by atoms with Crippen molar-refractivity contribution in [1.82, 2.24) is 5.32 Å². The predicted molar refractivity (Wildman–Crippen MR) is 81.0 cm³/mol. The fourth-order valence-electron chi connectivity index (χ4n) is 3.36. The standard InChI is InChI=1S/C16H18ClNO4/c17-13-4-2-1-3-12(13)14(19)18-11-5-6-22-16(9-11)7-10(8-16)15(20)21/h1-4,10-11H,5-9H2,(H,18,19)(H,20,21). The van der Waals surface area contributed by atoms with Crippen molar-refractivity contribution in [2.75, 3.05) is 6.61 Å². The third-order valence-electron chi connectivity index (χ3n) is 4.53. The number of halogens is 1. The first kappa shape index (κ1) is 15.3. The molecule has 0 bridgehead atoms. The second kappa shape index (κ2) is 5.89. The summed E-state index contributed by atoms with van der Waals surface area (Å²) in [6.07, 6.45) is 2.45. The van der Waals surface area contributed by atoms with Gasteiger partial charge in [-0.15, -0.1) is 0 Å². The minimum atomic E-state index is -0.767. The maximum atomic E-state index is 12.3. The molecule has 5 nitrogen and oxygen atoms in total. The molecule has 1 spiro atoms. The number of carbonyl (C=O) groups excluding carboxylic acids is 1. The number of carbonyl (C=O) groups is 2. The Morgan fingerprint density at radius 1 is 1.27 bits per heavy atom. The van der Waals surface area contributed by atoms with E-state index in [1.807, 2.05) is 0 Å². The van der Waals surface area contributed by atoms with Gasteiger partial charge in [-0.2, -0.15) is 0 Å². The Morgan fingerprint density at radius 2 is 2.00 bits per heavy atom. The van der Waals surface area contributed by atoms with Crippen molar-refractivity contribution < 1.29 is 19.4 Å². The van der Waals surface area contributed by atoms with Crippen LogP contribution in [0.2, 0.25) is 5.02 Å². The summed E-state index contributed by atoms with van der Waals surface area (Å²) in [7, 11) is 0. The van der Waals surface area contributed by atoms with E-state index >= 15 is 0 Å². The molecule has 1 unspecified atom stereocenters. The van der Waals surface area contributed by atoms with Crippen LogP contribution in [0.5, 0.6) is 0 Å². The second-order valence-electron chi connectivity index (χ2n) is 6.12. The summed E-state index contributed by atoms with van der Waals surface area (Å²) in [5.41, 5.74) is 0.0847. The van der Waals surface area contributed by atoms with Crippen LogP contribution in [0.15, 0.2) is 24.3 Å². The molecule has 1 aliphatic carbocycles. The van der Waals surface area contributed by atoms with E-state index in [1.54, 1.807) is 24.3 Å². The quantitative estimate of drug-likeness (QED) is 0.896. The number of amides is 1. The van der Waals surface area contributed by atoms with E-state index in [0.29, 0.717) is 36.5 Å². The maximum absolute atomic E-state index is 12.3. The van der Waals surface area contributed by atoms with Crippen LogP contribution < -0.4 is 5.32 Å². The fourth-order valence-corrected chi connectivity index (χ4v) is 3.58. The molecule has 2 aliphatic rings. The summed E-state index contributed by atoms with van der Waals surface area (Å²) in [5, 5.41) is 12.4. The van der Waals surface area contributed by atoms with Crippen LogP contribution in [0.4, 0.5) is 0 Å². The zero-order chi connectivity index (χ0) is 15.7. The molecule has 0 radical (unpaired) electrons. The van der Waals surface area contributed by atoms with Crippen LogP contribution in [0.1, 0.15) is 36.0 Å². The number of hydrogen-bond donors (Lipinski definition) is 2. The van der Waals surface area contributed by atoms with Crippen molar-refractivity contribution in [1.29, 1.82) is 0 Å². The molecule has 2 N–H and O–H groups in total. The molecule has 22 heavy (non-hydrogen) atoms. The average Bonchev–Trinajstić information content (AvgIpc) is 2.45. The summed E-state index contributed by atoms with van der Waals surface area (Å²) in [4.78, 5) is 23.2. The number of hydrogen-bond acceptors (Lipinski definition) is 3. The van der Waals surface area contributed by atoms with E-state index in [-0.39, 0.29) is 23.5 Å². The van der Waals surface area contributed by atoms with Crippen LogP contribution in [0.3, 0.4) is 0 Å². The first-order valence-electron chi connectivity index (χ1n) is 7.41. The van der Waals surface area contributed by atoms with Gasteiger partial charge in [0.25, 0.3) is 5.91 Å². The van der Waals surface area contributed by atoms with Gasteiger partial charge in [0.1, 0.15) is 0 Å². The minimum absolute atomic E-state index is 0.00716. The Balaban J connectivity index is 1.61. The Bertz CT molecular complexity index is 598. The van der Waals surface area contributed by atoms with Crippen molar-refractivity contribution in [2.24, 2.45) is 5.92 Å². The molecular weight excluding hydrogens is 306 g/mol. The van der Waals surface area contributed by atoms with Gasteiger partial charge in [0.2, 0.25) is 0 Å². The van der Waals surface area contributed by atoms with E-state index in [4.69, 9.17) is 21.4 Å². The minimum Gasteiger partial charge on any atom is -0.481 e. The van der Waals surface area contributed by atoms with Gasteiger partial charge in [0.05, 0.1) is 22.1 Å². The Morgan fingerprint density at radius 3 is 2.68 bits per heavy atom. The van der Waals surface area contributed by atoms with E-state index in [1.165, 1.54) is 0 Å². The lowest BCUT2D eigenvalue weighted by Crippen LogP contribution is -2.56. The zero-order valence-corrected chi connectivity index (χ0v) is 12.8. The monoisotopic (exact) mass is 323 g/mol. The molecule has 1 amide bonds. The maximum Gasteiger partial charge on any atom is 0.306 e. The Kier molecular flexibility index (Phi) is 4.10. The molecule has 1 saturated carbocycles. The summed E-state index contributed by atoms with van der Waals surface area (Å²) in [6, 6.07) is 6.92. The summed E-state index contributed by atoms with van der Waals surface area (Å²) >= 11 is 6.03. The van der Waals surface area contributed by atoms with Crippen molar-refractivity contribution in [3.8, 4) is 0 Å². The zero-order valence-electron chi connectivity index (χ0n) is 12.0. The van der Waals surface area contributed by atoms with Crippen LogP contribution in [0.25, 0.3) is 0 Å². The number of benzene rings is 1. The highest BCUT2D eigenvalue weighted by Gasteiger charge is 2.51. The van der Waals surface area contributed by atoms with E-state index in [0.717, 1.165) is 6.42 Å². The van der Waals surface area contributed by atoms with Gasteiger partial charge in [-0.3, -0.25) is 9.59 Å². The van der Waals surface area contributed by atoms with Gasteiger partial charge >= 0.3 is 5.97 Å². The van der Waals surface area contributed by atoms with Gasteiger partial charge in [-0.25, -0.2) is 0 Å². The summed E-state index contributed by atoms with van der Waals surface area (Å²) in [6.45, 7) is 0.541. The lowest BCUT2D eigenvalue weighted by molar-refractivity contribution is -0.181. The predicted octanol–water partition coefficient (Wildman–Crippen LogP) is 2.48. The van der Waals surface area contributed by atoms with Crippen molar-refractivity contribution in [3.63, 3.8) is 0 Å². The Labute approximate surface area is 133 Å². The second-order valence-corrected chi connectivity index (χ2v) is 6.53. The molecule has 118 valence electrons. The fraction of sp³-hybridized carbons (Fsp3) is 0.500. The number of aliphatic carboxylic acids is 1. The van der Waals surface area contributed by atoms with Gasteiger partial charge in [0, 0.05) is 12.6 Å². The Hall–Kier alpha value is -1.59. The van der Waals surface area contributed by atoms with Crippen LogP contribution >= 0.6 is 11.6 Å². The number of ether oxygens (including phenoxy) is 1. The molecule has 1 atom stereocenters. The summed E-state index contributed by atoms with van der Waals surface area (Å²) < 4.78 is 5.78. The summed E-state index contributed by atoms with van der Waals surface area (Å²) in [5.74, 6) is -1.28. The van der Waals surface area contributed by atoms with Crippen molar-refractivity contribution in [3.05, 3.63) is 34.9 Å². The van der Waals surface area contributed by atoms with E-state index in [9.17, 15) is 9.59 Å². The molecule has 0 aromatic heterocycles. The lowest BCUT2D eigenvalue weighted by Gasteiger charge is -2.50. The average molecular weight is 324 g/mol. The number of carboxylic acids is 1. The highest BCUT2D eigenvalue weighted by atomic mass is 35.5. The molecule has 1 saturated heterocycles. The highest BCUT2D eigenvalue weighted by molar-refractivity contribution is 6.33. The smallest absolute Gasteiger partial charge is 0.306 e. The van der Waals surface area contributed by atoms with Crippen molar-refractivity contribution >= 4 is 23.5 Å². The third kappa shape index (κ3) is 2.96. The van der Waals surface area contributed by atoms with Crippen LogP contribution in [-0.4, -0.2) is 35.2 Å². The van der Waals surface area contributed by atoms with Crippen LogP contribution in [0, 0.1) is 5.92 Å². The third-order valence-corrected chi connectivity index (χ3v) is 4.86.